The van der Waals surface area contributed by atoms with Crippen LogP contribution in [0.4, 0.5) is 0 Å². The number of allylic oxidation sites excluding steroid dienone is 1. The fourth-order valence-electron chi connectivity index (χ4n) is 7.50. The summed E-state index contributed by atoms with van der Waals surface area (Å²) in [6.45, 7) is 12.4. The maximum atomic E-state index is 14.8. The van der Waals surface area contributed by atoms with Gasteiger partial charge in [-0.25, -0.2) is 0 Å². The lowest BCUT2D eigenvalue weighted by molar-refractivity contribution is -0.125. The van der Waals surface area contributed by atoms with Crippen LogP contribution in [0, 0.1) is 17.8 Å². The molecule has 1 aromatic rings. The van der Waals surface area contributed by atoms with Gasteiger partial charge in [0.25, 0.3) is 0 Å². The predicted octanol–water partition coefficient (Wildman–Crippen LogP) is 7.04. The van der Waals surface area contributed by atoms with Crippen molar-refractivity contribution in [3.05, 3.63) is 71.1 Å². The molecule has 0 radical (unpaired) electrons. The number of hydrogen-bond acceptors (Lipinski definition) is 6. The molecule has 0 saturated heterocycles. The zero-order chi connectivity index (χ0) is 32.1. The Morgan fingerprint density at radius 1 is 0.955 bits per heavy atom. The van der Waals surface area contributed by atoms with Crippen molar-refractivity contribution < 1.29 is 19.2 Å². The summed E-state index contributed by atoms with van der Waals surface area (Å²) in [4.78, 5) is 53.0. The molecule has 1 aromatic carbocycles. The molecule has 1 fully saturated rings. The zero-order valence-corrected chi connectivity index (χ0v) is 28.9. The Bertz CT molecular complexity index is 1260. The van der Waals surface area contributed by atoms with Gasteiger partial charge in [0.2, 0.25) is 0 Å². The lowest BCUT2D eigenvalue weighted by Crippen LogP contribution is -2.55. The molecule has 0 amide bonds. The topological polar surface area (TPSA) is 98.7 Å². The molecule has 1 aliphatic carbocycles. The molecule has 4 rings (SSSR count). The molecule has 2 aliphatic heterocycles. The van der Waals surface area contributed by atoms with E-state index in [0.29, 0.717) is 61.1 Å². The Morgan fingerprint density at radius 3 is 2.25 bits per heavy atom. The van der Waals surface area contributed by atoms with Crippen molar-refractivity contribution in [3.8, 4) is 0 Å². The van der Waals surface area contributed by atoms with Gasteiger partial charge in [0.15, 0.2) is 11.6 Å². The van der Waals surface area contributed by atoms with Gasteiger partial charge in [0.1, 0.15) is 11.1 Å². The summed E-state index contributed by atoms with van der Waals surface area (Å²) in [5.41, 5.74) is 0.427. The molecule has 242 valence electrons. The van der Waals surface area contributed by atoms with Crippen LogP contribution in [0.5, 0.6) is 0 Å². The normalized spacial score (nSPS) is 25.1. The van der Waals surface area contributed by atoms with Crippen LogP contribution in [0.25, 0.3) is 0 Å². The van der Waals surface area contributed by atoms with Crippen molar-refractivity contribution >= 4 is 20.1 Å². The van der Waals surface area contributed by atoms with Crippen molar-refractivity contribution in [2.75, 3.05) is 0 Å². The van der Waals surface area contributed by atoms with Crippen molar-refractivity contribution in [1.29, 1.82) is 0 Å². The largest absolute Gasteiger partial charge is 0.410 e. The van der Waals surface area contributed by atoms with Crippen LogP contribution in [0.3, 0.4) is 0 Å². The highest BCUT2D eigenvalue weighted by atomic mass is 28.4. The minimum atomic E-state index is -3.81. The van der Waals surface area contributed by atoms with Gasteiger partial charge in [-0.2, -0.15) is 0 Å². The highest BCUT2D eigenvalue weighted by Gasteiger charge is 2.58. The van der Waals surface area contributed by atoms with E-state index in [-0.39, 0.29) is 17.5 Å². The Hall–Kier alpha value is -2.48. The molecule has 6 nitrogen and oxygen atoms in total. The molecular weight excluding hydrogens is 565 g/mol. The molecular formula is C37H56N2O4Si. The van der Waals surface area contributed by atoms with E-state index < -0.39 is 25.2 Å². The first kappa shape index (κ1) is 34.4. The second-order valence-electron chi connectivity index (χ2n) is 14.9. The highest BCUT2D eigenvalue weighted by Crippen LogP contribution is 2.47. The van der Waals surface area contributed by atoms with Gasteiger partial charge in [0.05, 0.1) is 0 Å². The van der Waals surface area contributed by atoms with Gasteiger partial charge < -0.3 is 20.2 Å². The minimum Gasteiger partial charge on any atom is -0.410 e. The molecule has 0 spiro atoms. The minimum absolute atomic E-state index is 0.0600. The monoisotopic (exact) mass is 620 g/mol. The van der Waals surface area contributed by atoms with Crippen LogP contribution >= 0.6 is 0 Å². The average molecular weight is 621 g/mol. The number of benzene rings is 1. The van der Waals surface area contributed by atoms with Crippen LogP contribution in [0.1, 0.15) is 105 Å². The molecule has 0 aromatic heterocycles. The maximum Gasteiger partial charge on any atom is 0.340 e. The van der Waals surface area contributed by atoms with Crippen LogP contribution in [0.2, 0.25) is 11.6 Å². The van der Waals surface area contributed by atoms with E-state index in [4.69, 9.17) is 0 Å². The Kier molecular flexibility index (Phi) is 11.2. The van der Waals surface area contributed by atoms with Gasteiger partial charge in [-0.15, -0.1) is 0 Å². The third-order valence-corrected chi connectivity index (χ3v) is 12.7. The Labute approximate surface area is 266 Å². The van der Waals surface area contributed by atoms with E-state index in [1.807, 2.05) is 44.2 Å². The quantitative estimate of drug-likeness (QED) is 0.132. The molecule has 3 aliphatic rings. The van der Waals surface area contributed by atoms with Crippen molar-refractivity contribution in [2.45, 2.75) is 128 Å². The van der Waals surface area contributed by atoms with Crippen molar-refractivity contribution in [1.82, 2.24) is 10.6 Å². The third-order valence-electron chi connectivity index (χ3n) is 9.99. The smallest absolute Gasteiger partial charge is 0.340 e. The van der Waals surface area contributed by atoms with Gasteiger partial charge in [0, 0.05) is 35.5 Å². The summed E-state index contributed by atoms with van der Waals surface area (Å²) in [5, 5.41) is 6.92. The molecule has 1 saturated carbocycles. The lowest BCUT2D eigenvalue weighted by Gasteiger charge is -2.36. The van der Waals surface area contributed by atoms with Gasteiger partial charge in [-0.1, -0.05) is 102 Å². The summed E-state index contributed by atoms with van der Waals surface area (Å²) in [6.07, 6.45) is 14.1. The standard InChI is InChI=1S/C37H56N2O4Si/c1-26(2)17-19-36(23-30-15-11-8-12-16-30)35(41)32(25-38-36)37(22-28(5)6)34(40)31(24-39-37)33(21-29-13-9-7-10-14-29)44(42,43)20-18-27(3)4/h8,11-12,15-17,24-25,27-29,33,38-39,42-43H,7,9-10,13-14,18-23H2,1-6H3. The van der Waals surface area contributed by atoms with Gasteiger partial charge >= 0.3 is 8.56 Å². The number of nitrogens with one attached hydrogen (secondary N) is 2. The van der Waals surface area contributed by atoms with E-state index >= 15 is 0 Å². The Morgan fingerprint density at radius 2 is 1.64 bits per heavy atom. The summed E-state index contributed by atoms with van der Waals surface area (Å²) in [7, 11) is -3.81. The van der Waals surface area contributed by atoms with Crippen LogP contribution in [-0.4, -0.2) is 40.8 Å². The fourth-order valence-corrected chi connectivity index (χ4v) is 10.3. The molecule has 44 heavy (non-hydrogen) atoms. The van der Waals surface area contributed by atoms with Crippen LogP contribution in [-0.2, 0) is 16.0 Å². The first-order chi connectivity index (χ1) is 20.8. The van der Waals surface area contributed by atoms with E-state index in [1.165, 1.54) is 6.42 Å². The first-order valence-corrected chi connectivity index (χ1v) is 19.2. The molecule has 0 bridgehead atoms. The van der Waals surface area contributed by atoms with E-state index in [0.717, 1.165) is 36.8 Å². The predicted molar refractivity (Wildman–Crippen MR) is 181 cm³/mol. The summed E-state index contributed by atoms with van der Waals surface area (Å²) < 4.78 is 0. The van der Waals surface area contributed by atoms with Crippen LogP contribution in [0.15, 0.2) is 65.5 Å². The SMILES string of the molecule is CC(C)=CCC1(Cc2ccccc2)NC=C(C2(CC(C)C)NC=C(C(CC3CCCCC3)[Si](O)(O)CCC(C)C)C2=O)C1=O. The molecule has 2 heterocycles. The lowest BCUT2D eigenvalue weighted by atomic mass is 9.72. The molecule has 3 unspecified atom stereocenters. The van der Waals surface area contributed by atoms with Crippen molar-refractivity contribution in [2.24, 2.45) is 17.8 Å². The number of hydrogen-bond donors (Lipinski definition) is 4. The molecule has 4 N–H and O–H groups in total. The van der Waals surface area contributed by atoms with Crippen LogP contribution < -0.4 is 10.6 Å². The summed E-state index contributed by atoms with van der Waals surface area (Å²) in [6, 6.07) is 10.4. The Balaban J connectivity index is 1.70. The molecule has 7 heteroatoms. The second-order valence-corrected chi connectivity index (χ2v) is 17.9. The summed E-state index contributed by atoms with van der Waals surface area (Å²) in [5.74, 6) is 0.627. The number of carbonyl (C=O) groups excluding carboxylic acids is 2. The maximum absolute atomic E-state index is 14.8. The van der Waals surface area contributed by atoms with E-state index in [1.54, 1.807) is 12.4 Å². The van der Waals surface area contributed by atoms with E-state index in [2.05, 4.69) is 44.4 Å². The number of rotatable bonds is 14. The second kappa shape index (κ2) is 14.3. The average Bonchev–Trinajstić information content (AvgIpc) is 3.47. The third kappa shape index (κ3) is 7.65. The fraction of sp³-hybridized carbons (Fsp3) is 0.622. The summed E-state index contributed by atoms with van der Waals surface area (Å²) >= 11 is 0. The zero-order valence-electron chi connectivity index (χ0n) is 27.9. The van der Waals surface area contributed by atoms with Crippen molar-refractivity contribution in [3.63, 3.8) is 0 Å². The van der Waals surface area contributed by atoms with E-state index in [9.17, 15) is 19.2 Å². The highest BCUT2D eigenvalue weighted by molar-refractivity contribution is 6.67. The van der Waals surface area contributed by atoms with Gasteiger partial charge in [-0.3, -0.25) is 9.59 Å². The number of Topliss-reactive ketones (excluding diaryl/α,β-unsaturated/α-hetero) is 2. The number of carbonyl (C=O) groups is 2. The first-order valence-electron chi connectivity index (χ1n) is 17.0. The number of ketones is 2. The molecule has 3 atom stereocenters. The van der Waals surface area contributed by atoms with Gasteiger partial charge in [-0.05, 0) is 68.9 Å².